The largest absolute Gasteiger partial charge is 2.00 e. The summed E-state index contributed by atoms with van der Waals surface area (Å²) in [5, 5.41) is 9.23. The maximum atomic E-state index is 9.23. The SMILES string of the molecule is C#CC1CCCCC1O.C=C[Si](C)(C)O[Si](C)(C)C=C.[Pt+2]. The molecule has 0 aromatic carbocycles. The molecule has 2 atom stereocenters. The molecule has 1 saturated carbocycles. The molecular formula is C16H30O2PtSi2+2. The van der Waals surface area contributed by atoms with Gasteiger partial charge in [-0.05, 0) is 39.0 Å². The van der Waals surface area contributed by atoms with E-state index in [0.29, 0.717) is 0 Å². The number of hydrogen-bond donors (Lipinski definition) is 1. The molecule has 0 aliphatic heterocycles. The summed E-state index contributed by atoms with van der Waals surface area (Å²) in [6, 6.07) is 0. The molecule has 0 aromatic rings. The Morgan fingerprint density at radius 3 is 1.81 bits per heavy atom. The van der Waals surface area contributed by atoms with Crippen LogP contribution in [0.3, 0.4) is 0 Å². The molecule has 0 aromatic heterocycles. The van der Waals surface area contributed by atoms with E-state index in [0.717, 1.165) is 19.3 Å². The molecule has 1 aliphatic rings. The second-order valence-corrected chi connectivity index (χ2v) is 14.4. The minimum absolute atomic E-state index is 0. The van der Waals surface area contributed by atoms with Crippen LogP contribution in [0.2, 0.25) is 26.2 Å². The normalized spacial score (nSPS) is 21.9. The molecule has 122 valence electrons. The Kier molecular flexibility index (Phi) is 12.0. The van der Waals surface area contributed by atoms with Crippen molar-refractivity contribution < 1.29 is 30.3 Å². The van der Waals surface area contributed by atoms with E-state index in [1.54, 1.807) is 0 Å². The number of aliphatic hydroxyl groups excluding tert-OH is 1. The summed E-state index contributed by atoms with van der Waals surface area (Å²) >= 11 is 0. The van der Waals surface area contributed by atoms with Crippen molar-refractivity contribution in [2.45, 2.75) is 58.0 Å². The molecule has 5 heteroatoms. The minimum atomic E-state index is -1.58. The Morgan fingerprint density at radius 2 is 1.52 bits per heavy atom. The first kappa shape index (κ1) is 23.3. The Balaban J connectivity index is 0. The van der Waals surface area contributed by atoms with E-state index in [1.807, 2.05) is 11.4 Å². The number of aliphatic hydroxyl groups is 1. The van der Waals surface area contributed by atoms with E-state index in [1.165, 1.54) is 6.42 Å². The van der Waals surface area contributed by atoms with Crippen molar-refractivity contribution >= 4 is 16.6 Å². The van der Waals surface area contributed by atoms with Crippen LogP contribution in [0.15, 0.2) is 24.6 Å². The zero-order valence-electron chi connectivity index (χ0n) is 13.8. The first-order valence-corrected chi connectivity index (χ1v) is 13.3. The predicted molar refractivity (Wildman–Crippen MR) is 93.2 cm³/mol. The summed E-state index contributed by atoms with van der Waals surface area (Å²) in [4.78, 5) is 0. The van der Waals surface area contributed by atoms with Gasteiger partial charge in [-0.3, -0.25) is 0 Å². The monoisotopic (exact) mass is 505 g/mol. The van der Waals surface area contributed by atoms with Gasteiger partial charge in [-0.2, -0.15) is 0 Å². The van der Waals surface area contributed by atoms with Crippen molar-refractivity contribution in [3.63, 3.8) is 0 Å². The van der Waals surface area contributed by atoms with Gasteiger partial charge in [-0.1, -0.05) is 24.2 Å². The van der Waals surface area contributed by atoms with Crippen LogP contribution >= 0.6 is 0 Å². The van der Waals surface area contributed by atoms with Crippen LogP contribution in [0.1, 0.15) is 25.7 Å². The van der Waals surface area contributed by atoms with Gasteiger partial charge in [0.2, 0.25) is 0 Å². The molecule has 0 bridgehead atoms. The summed E-state index contributed by atoms with van der Waals surface area (Å²) in [7, 11) is -3.16. The van der Waals surface area contributed by atoms with Crippen molar-refractivity contribution in [3.8, 4) is 12.3 Å². The molecule has 2 nitrogen and oxygen atoms in total. The Labute approximate surface area is 147 Å². The van der Waals surface area contributed by atoms with Crippen LogP contribution in [-0.4, -0.2) is 27.8 Å². The second-order valence-electron chi connectivity index (χ2n) is 6.34. The fraction of sp³-hybridized carbons (Fsp3) is 0.625. The van der Waals surface area contributed by atoms with Gasteiger partial charge < -0.3 is 9.22 Å². The van der Waals surface area contributed by atoms with Gasteiger partial charge in [0.15, 0.2) is 16.6 Å². The maximum absolute atomic E-state index is 9.23. The third-order valence-corrected chi connectivity index (χ3v) is 9.63. The van der Waals surface area contributed by atoms with Gasteiger partial charge in [-0.15, -0.1) is 25.5 Å². The molecule has 1 fully saturated rings. The molecule has 1 aliphatic carbocycles. The fourth-order valence-electron chi connectivity index (χ4n) is 2.07. The van der Waals surface area contributed by atoms with Crippen LogP contribution in [-0.2, 0) is 25.2 Å². The molecule has 0 radical (unpaired) electrons. The molecule has 2 unspecified atom stereocenters. The van der Waals surface area contributed by atoms with Gasteiger partial charge in [-0.25, -0.2) is 0 Å². The number of rotatable bonds is 4. The van der Waals surface area contributed by atoms with Crippen LogP contribution in [0.25, 0.3) is 0 Å². The Hall–Kier alpha value is 0.0821. The van der Waals surface area contributed by atoms with Crippen LogP contribution in [0, 0.1) is 18.3 Å². The van der Waals surface area contributed by atoms with Crippen LogP contribution < -0.4 is 0 Å². The van der Waals surface area contributed by atoms with Crippen molar-refractivity contribution in [2.24, 2.45) is 5.92 Å². The van der Waals surface area contributed by atoms with Gasteiger partial charge in [0.25, 0.3) is 0 Å². The molecule has 1 rings (SSSR count). The minimum Gasteiger partial charge on any atom is -0.449 e. The summed E-state index contributed by atoms with van der Waals surface area (Å²) in [6.07, 6.45) is 9.20. The van der Waals surface area contributed by atoms with E-state index in [9.17, 15) is 5.11 Å². The molecule has 0 saturated heterocycles. The first-order chi connectivity index (χ1) is 9.17. The van der Waals surface area contributed by atoms with Gasteiger partial charge in [0.05, 0.1) is 6.10 Å². The smallest absolute Gasteiger partial charge is 0.449 e. The quantitative estimate of drug-likeness (QED) is 0.462. The molecular weight excluding hydrogens is 475 g/mol. The summed E-state index contributed by atoms with van der Waals surface area (Å²) in [5.41, 5.74) is 3.93. The Bertz CT molecular complexity index is 344. The molecule has 21 heavy (non-hydrogen) atoms. The standard InChI is InChI=1S/C8H18OSi2.C8H12O.Pt/c1-7-10(3,4)9-11(5,6)8-2;1-2-7-5-3-4-6-8(7)9;/h7-8H,1-2H2,3-6H3;1,7-9H,3-6H2;/q;;+2. The van der Waals surface area contributed by atoms with Crippen LogP contribution in [0.4, 0.5) is 0 Å². The van der Waals surface area contributed by atoms with E-state index in [2.05, 4.69) is 45.3 Å². The van der Waals surface area contributed by atoms with E-state index < -0.39 is 16.6 Å². The summed E-state index contributed by atoms with van der Waals surface area (Å²) in [6.45, 7) is 16.2. The van der Waals surface area contributed by atoms with Crippen molar-refractivity contribution in [1.82, 2.24) is 0 Å². The van der Waals surface area contributed by atoms with Crippen molar-refractivity contribution in [3.05, 3.63) is 24.6 Å². The van der Waals surface area contributed by atoms with Crippen molar-refractivity contribution in [1.29, 1.82) is 0 Å². The van der Waals surface area contributed by atoms with Crippen molar-refractivity contribution in [2.75, 3.05) is 0 Å². The molecule has 0 amide bonds. The summed E-state index contributed by atoms with van der Waals surface area (Å²) in [5.74, 6) is 2.74. The van der Waals surface area contributed by atoms with E-state index >= 15 is 0 Å². The van der Waals surface area contributed by atoms with Gasteiger partial charge in [0, 0.05) is 5.92 Å². The van der Waals surface area contributed by atoms with E-state index in [-0.39, 0.29) is 33.1 Å². The third-order valence-electron chi connectivity index (χ3n) is 3.45. The van der Waals surface area contributed by atoms with E-state index in [4.69, 9.17) is 10.5 Å². The molecule has 0 spiro atoms. The average Bonchev–Trinajstić information content (AvgIpc) is 2.39. The fourth-order valence-corrected chi connectivity index (χ4v) is 8.16. The first-order valence-electron chi connectivity index (χ1n) is 7.29. The number of hydrogen-bond acceptors (Lipinski definition) is 2. The number of terminal acetylenes is 1. The molecule has 0 heterocycles. The molecule has 1 N–H and O–H groups in total. The van der Waals surface area contributed by atoms with Crippen LogP contribution in [0.5, 0.6) is 0 Å². The average molecular weight is 506 g/mol. The third kappa shape index (κ3) is 10.4. The van der Waals surface area contributed by atoms with Gasteiger partial charge in [0.1, 0.15) is 0 Å². The maximum Gasteiger partial charge on any atom is 2.00 e. The zero-order chi connectivity index (χ0) is 15.8. The topological polar surface area (TPSA) is 29.5 Å². The Morgan fingerprint density at radius 1 is 1.10 bits per heavy atom. The predicted octanol–water partition coefficient (Wildman–Crippen LogP) is 4.03. The van der Waals surface area contributed by atoms with Gasteiger partial charge >= 0.3 is 21.1 Å². The summed E-state index contributed by atoms with van der Waals surface area (Å²) < 4.78 is 5.97. The second kappa shape index (κ2) is 10.7. The zero-order valence-corrected chi connectivity index (χ0v) is 18.1.